The van der Waals surface area contributed by atoms with Crippen molar-refractivity contribution in [2.45, 2.75) is 0 Å². The number of halogens is 2. The first-order chi connectivity index (χ1) is 14.0. The molecule has 0 aliphatic rings. The molecule has 0 aliphatic heterocycles. The van der Waals surface area contributed by atoms with Gasteiger partial charge in [0.1, 0.15) is 0 Å². The van der Waals surface area contributed by atoms with Gasteiger partial charge in [0, 0.05) is 16.1 Å². The second-order valence-corrected chi connectivity index (χ2v) is 6.83. The summed E-state index contributed by atoms with van der Waals surface area (Å²) < 4.78 is 5.08. The quantitative estimate of drug-likeness (QED) is 0.442. The summed E-state index contributed by atoms with van der Waals surface area (Å²) in [5.41, 5.74) is 1.03. The summed E-state index contributed by atoms with van der Waals surface area (Å²) in [4.78, 5) is 37.3. The fourth-order valence-corrected chi connectivity index (χ4v) is 2.88. The van der Waals surface area contributed by atoms with Gasteiger partial charge < -0.3 is 10.1 Å². The largest absolute Gasteiger partial charge is 0.452 e. The molecule has 0 unspecified atom stereocenters. The number of nitrogens with one attached hydrogen (secondary N) is 1. The third-order valence-corrected chi connectivity index (χ3v) is 4.56. The highest BCUT2D eigenvalue weighted by Gasteiger charge is 2.20. The van der Waals surface area contributed by atoms with E-state index in [-0.39, 0.29) is 16.9 Å². The van der Waals surface area contributed by atoms with Crippen LogP contribution in [-0.4, -0.2) is 24.3 Å². The van der Waals surface area contributed by atoms with Crippen LogP contribution in [-0.2, 0) is 9.53 Å². The second kappa shape index (κ2) is 9.37. The predicted molar refractivity (Wildman–Crippen MR) is 112 cm³/mol. The van der Waals surface area contributed by atoms with Gasteiger partial charge in [0.15, 0.2) is 12.4 Å². The maximum absolute atomic E-state index is 12.8. The topological polar surface area (TPSA) is 72.5 Å². The minimum atomic E-state index is -0.780. The lowest BCUT2D eigenvalue weighted by Gasteiger charge is -2.10. The normalized spacial score (nSPS) is 10.3. The molecule has 0 aromatic heterocycles. The Hall–Kier alpha value is -3.15. The van der Waals surface area contributed by atoms with Crippen molar-refractivity contribution in [3.05, 3.63) is 99.5 Å². The smallest absolute Gasteiger partial charge is 0.339 e. The van der Waals surface area contributed by atoms with Crippen molar-refractivity contribution in [3.63, 3.8) is 0 Å². The molecule has 29 heavy (non-hydrogen) atoms. The van der Waals surface area contributed by atoms with Gasteiger partial charge in [-0.2, -0.15) is 0 Å². The maximum atomic E-state index is 12.8. The van der Waals surface area contributed by atoms with Crippen LogP contribution >= 0.6 is 23.2 Å². The van der Waals surface area contributed by atoms with Crippen LogP contribution in [0, 0.1) is 0 Å². The van der Waals surface area contributed by atoms with Crippen molar-refractivity contribution in [2.24, 2.45) is 0 Å². The summed E-state index contributed by atoms with van der Waals surface area (Å²) in [6, 6.07) is 19.3. The van der Waals surface area contributed by atoms with E-state index in [1.807, 2.05) is 0 Å². The lowest BCUT2D eigenvalue weighted by Crippen LogP contribution is -2.22. The average Bonchev–Trinajstić information content (AvgIpc) is 2.74. The molecule has 0 aliphatic carbocycles. The number of benzene rings is 3. The van der Waals surface area contributed by atoms with E-state index in [4.69, 9.17) is 27.9 Å². The Morgan fingerprint density at radius 3 is 2.10 bits per heavy atom. The Balaban J connectivity index is 1.70. The number of ketones is 1. The zero-order chi connectivity index (χ0) is 20.8. The molecule has 0 radical (unpaired) electrons. The lowest BCUT2D eigenvalue weighted by molar-refractivity contribution is -0.119. The summed E-state index contributed by atoms with van der Waals surface area (Å²) in [5, 5.41) is 3.42. The molecule has 146 valence electrons. The highest BCUT2D eigenvalue weighted by atomic mass is 35.5. The summed E-state index contributed by atoms with van der Waals surface area (Å²) in [7, 11) is 0. The fraction of sp³-hybridized carbons (Fsp3) is 0.0455. The highest BCUT2D eigenvalue weighted by Crippen LogP contribution is 2.21. The number of carbonyl (C=O) groups excluding carboxylic acids is 3. The van der Waals surface area contributed by atoms with Crippen LogP contribution in [0.15, 0.2) is 72.8 Å². The Bertz CT molecular complexity index is 1060. The lowest BCUT2D eigenvalue weighted by atomic mass is 9.98. The Morgan fingerprint density at radius 2 is 1.41 bits per heavy atom. The van der Waals surface area contributed by atoms with Gasteiger partial charge >= 0.3 is 5.97 Å². The van der Waals surface area contributed by atoms with Crippen LogP contribution in [0.25, 0.3) is 0 Å². The van der Waals surface area contributed by atoms with Crippen LogP contribution in [0.5, 0.6) is 0 Å². The first-order valence-corrected chi connectivity index (χ1v) is 9.32. The van der Waals surface area contributed by atoms with Gasteiger partial charge in [0.2, 0.25) is 0 Å². The van der Waals surface area contributed by atoms with Gasteiger partial charge in [-0.1, -0.05) is 53.5 Å². The third-order valence-electron chi connectivity index (χ3n) is 3.98. The predicted octanol–water partition coefficient (Wildman–Crippen LogP) is 5.02. The van der Waals surface area contributed by atoms with Crippen LogP contribution in [0.3, 0.4) is 0 Å². The van der Waals surface area contributed by atoms with Crippen LogP contribution in [0.4, 0.5) is 5.69 Å². The van der Waals surface area contributed by atoms with Gasteiger partial charge in [-0.3, -0.25) is 9.59 Å². The highest BCUT2D eigenvalue weighted by molar-refractivity contribution is 6.33. The molecule has 0 saturated carbocycles. The van der Waals surface area contributed by atoms with Crippen molar-refractivity contribution in [2.75, 3.05) is 11.9 Å². The zero-order valence-corrected chi connectivity index (χ0v) is 16.5. The summed E-state index contributed by atoms with van der Waals surface area (Å²) in [6.45, 7) is -0.520. The van der Waals surface area contributed by atoms with Gasteiger partial charge in [-0.25, -0.2) is 4.79 Å². The van der Waals surface area contributed by atoms with Crippen molar-refractivity contribution in [3.8, 4) is 0 Å². The number of hydrogen-bond acceptors (Lipinski definition) is 4. The van der Waals surface area contributed by atoms with E-state index >= 15 is 0 Å². The molecule has 3 aromatic rings. The van der Waals surface area contributed by atoms with E-state index in [9.17, 15) is 14.4 Å². The standard InChI is InChI=1S/C22H15Cl2NO4/c23-15-11-9-14(10-12-15)21(27)16-5-1-2-6-17(16)22(28)29-13-20(26)25-19-8-4-3-7-18(19)24/h1-12H,13H2,(H,25,26). The molecule has 0 atom stereocenters. The first-order valence-electron chi connectivity index (χ1n) is 8.56. The van der Waals surface area contributed by atoms with Crippen molar-refractivity contribution in [1.82, 2.24) is 0 Å². The molecule has 0 heterocycles. The molecule has 5 nitrogen and oxygen atoms in total. The Labute approximate surface area is 177 Å². The minimum Gasteiger partial charge on any atom is -0.452 e. The fourth-order valence-electron chi connectivity index (χ4n) is 2.57. The number of esters is 1. The van der Waals surface area contributed by atoms with Crippen molar-refractivity contribution < 1.29 is 19.1 Å². The van der Waals surface area contributed by atoms with Crippen LogP contribution in [0.1, 0.15) is 26.3 Å². The summed E-state index contributed by atoms with van der Waals surface area (Å²) in [6.07, 6.45) is 0. The van der Waals surface area contributed by atoms with E-state index in [0.29, 0.717) is 21.3 Å². The van der Waals surface area contributed by atoms with E-state index in [2.05, 4.69) is 5.32 Å². The van der Waals surface area contributed by atoms with Crippen molar-refractivity contribution in [1.29, 1.82) is 0 Å². The number of para-hydroxylation sites is 1. The molecule has 1 N–H and O–H groups in total. The third kappa shape index (κ3) is 5.22. The number of ether oxygens (including phenoxy) is 1. The molecular formula is C22H15Cl2NO4. The Morgan fingerprint density at radius 1 is 0.793 bits per heavy atom. The van der Waals surface area contributed by atoms with Crippen molar-refractivity contribution >= 4 is 46.5 Å². The monoisotopic (exact) mass is 427 g/mol. The van der Waals surface area contributed by atoms with Gasteiger partial charge in [0.25, 0.3) is 5.91 Å². The number of hydrogen-bond donors (Lipinski definition) is 1. The number of rotatable bonds is 6. The molecule has 7 heteroatoms. The molecule has 3 rings (SSSR count). The van der Waals surface area contributed by atoms with Gasteiger partial charge in [0.05, 0.1) is 16.3 Å². The SMILES string of the molecule is O=C(COC(=O)c1ccccc1C(=O)c1ccc(Cl)cc1)Nc1ccccc1Cl. The van der Waals surface area contributed by atoms with Gasteiger partial charge in [-0.15, -0.1) is 0 Å². The number of amides is 1. The summed E-state index contributed by atoms with van der Waals surface area (Å²) in [5.74, 6) is -1.68. The molecular weight excluding hydrogens is 413 g/mol. The molecule has 0 bridgehead atoms. The van der Waals surface area contributed by atoms with E-state index in [1.165, 1.54) is 12.1 Å². The van der Waals surface area contributed by atoms with Gasteiger partial charge in [-0.05, 0) is 42.5 Å². The average molecular weight is 428 g/mol. The van der Waals surface area contributed by atoms with Crippen LogP contribution in [0.2, 0.25) is 10.0 Å². The van der Waals surface area contributed by atoms with Crippen LogP contribution < -0.4 is 5.32 Å². The molecule has 0 saturated heterocycles. The maximum Gasteiger partial charge on any atom is 0.339 e. The zero-order valence-electron chi connectivity index (χ0n) is 15.0. The second-order valence-electron chi connectivity index (χ2n) is 5.99. The molecule has 0 spiro atoms. The number of carbonyl (C=O) groups is 3. The minimum absolute atomic E-state index is 0.0676. The van der Waals surface area contributed by atoms with E-state index in [0.717, 1.165) is 0 Å². The number of anilines is 1. The van der Waals surface area contributed by atoms with E-state index in [1.54, 1.807) is 60.7 Å². The Kier molecular flexibility index (Phi) is 6.65. The molecule has 1 amide bonds. The molecule has 3 aromatic carbocycles. The summed E-state index contributed by atoms with van der Waals surface area (Å²) >= 11 is 11.8. The van der Waals surface area contributed by atoms with E-state index < -0.39 is 18.5 Å². The first kappa shape index (κ1) is 20.6. The molecule has 0 fully saturated rings.